The highest BCUT2D eigenvalue weighted by atomic mass is 35.5. The minimum Gasteiger partial charge on any atom is -0.495 e. The Morgan fingerprint density at radius 3 is 2.19 bits per heavy atom. The third-order valence-corrected chi connectivity index (χ3v) is 7.65. The second-order valence-corrected chi connectivity index (χ2v) is 9.37. The molecule has 3 rings (SSSR count). The van der Waals surface area contributed by atoms with Gasteiger partial charge in [0.15, 0.2) is 0 Å². The Morgan fingerprint density at radius 1 is 0.926 bits per heavy atom. The Bertz CT molecular complexity index is 959. The number of piperazine rings is 1. The molecule has 0 aromatic heterocycles. The Hall–Kier alpha value is -1.18. The summed E-state index contributed by atoms with van der Waals surface area (Å²) in [6, 6.07) is 8.61. The number of aryl methyl sites for hydroxylation is 1. The predicted molar refractivity (Wildman–Crippen MR) is 110 cm³/mol. The third kappa shape index (κ3) is 4.15. The van der Waals surface area contributed by atoms with Gasteiger partial charge in [-0.25, -0.2) is 8.42 Å². The highest BCUT2D eigenvalue weighted by Gasteiger charge is 2.31. The van der Waals surface area contributed by atoms with Crippen LogP contribution >= 0.6 is 34.8 Å². The first-order valence-electron chi connectivity index (χ1n) is 8.28. The number of methoxy groups -OCH3 is 1. The third-order valence-electron chi connectivity index (χ3n) is 4.58. The summed E-state index contributed by atoms with van der Waals surface area (Å²) in [4.78, 5) is 2.10. The van der Waals surface area contributed by atoms with Crippen LogP contribution in [0.3, 0.4) is 0 Å². The average Bonchev–Trinajstić information content (AvgIpc) is 2.65. The fourth-order valence-corrected chi connectivity index (χ4v) is 5.39. The van der Waals surface area contributed by atoms with E-state index in [1.807, 2.05) is 25.1 Å². The number of sulfonamides is 1. The van der Waals surface area contributed by atoms with Crippen LogP contribution in [0.2, 0.25) is 15.1 Å². The minimum absolute atomic E-state index is 0.0122. The molecular formula is C18H19Cl3N2O3S. The van der Waals surface area contributed by atoms with Crippen molar-refractivity contribution in [2.75, 3.05) is 38.2 Å². The average molecular weight is 450 g/mol. The second kappa shape index (κ2) is 8.05. The van der Waals surface area contributed by atoms with Crippen LogP contribution in [0.15, 0.2) is 35.2 Å². The fourth-order valence-electron chi connectivity index (χ4n) is 2.97. The van der Waals surface area contributed by atoms with E-state index in [1.165, 1.54) is 23.5 Å². The van der Waals surface area contributed by atoms with Gasteiger partial charge in [-0.2, -0.15) is 4.31 Å². The summed E-state index contributed by atoms with van der Waals surface area (Å²) >= 11 is 18.5. The number of anilines is 1. The standard InChI is InChI=1S/C18H19Cl3N2O3S/c1-12-3-4-13(9-14(12)19)22-5-7-23(8-6-22)27(24,25)18-11-15(20)17(26-2)10-16(18)21/h3-4,9-11H,5-8H2,1-2H3. The van der Waals surface area contributed by atoms with Crippen LogP contribution in [0.4, 0.5) is 5.69 Å². The van der Waals surface area contributed by atoms with Crippen LogP contribution in [0.5, 0.6) is 5.75 Å². The van der Waals surface area contributed by atoms with E-state index in [0.29, 0.717) is 37.0 Å². The van der Waals surface area contributed by atoms with Crippen molar-refractivity contribution in [1.29, 1.82) is 0 Å². The topological polar surface area (TPSA) is 49.9 Å². The van der Waals surface area contributed by atoms with Gasteiger partial charge in [0.05, 0.1) is 17.2 Å². The van der Waals surface area contributed by atoms with Crippen LogP contribution in [-0.2, 0) is 10.0 Å². The van der Waals surface area contributed by atoms with Crippen molar-refractivity contribution in [2.45, 2.75) is 11.8 Å². The maximum absolute atomic E-state index is 13.0. The summed E-state index contributed by atoms with van der Waals surface area (Å²) in [6.07, 6.45) is 0. The molecule has 146 valence electrons. The lowest BCUT2D eigenvalue weighted by atomic mass is 10.2. The molecule has 0 saturated carbocycles. The molecule has 0 spiro atoms. The van der Waals surface area contributed by atoms with Gasteiger partial charge >= 0.3 is 0 Å². The lowest BCUT2D eigenvalue weighted by molar-refractivity contribution is 0.384. The van der Waals surface area contributed by atoms with E-state index in [-0.39, 0.29) is 14.9 Å². The molecule has 1 heterocycles. The molecule has 27 heavy (non-hydrogen) atoms. The molecule has 2 aromatic carbocycles. The summed E-state index contributed by atoms with van der Waals surface area (Å²) in [5.74, 6) is 0.335. The van der Waals surface area contributed by atoms with E-state index in [1.54, 1.807) is 0 Å². The Labute approximate surface area is 174 Å². The van der Waals surface area contributed by atoms with Crippen LogP contribution < -0.4 is 9.64 Å². The molecule has 5 nitrogen and oxygen atoms in total. The smallest absolute Gasteiger partial charge is 0.244 e. The molecule has 0 aliphatic carbocycles. The van der Waals surface area contributed by atoms with Crippen molar-refractivity contribution >= 4 is 50.5 Å². The second-order valence-electron chi connectivity index (χ2n) is 6.24. The van der Waals surface area contributed by atoms with Gasteiger partial charge in [-0.05, 0) is 30.7 Å². The number of nitrogens with zero attached hydrogens (tertiary/aromatic N) is 2. The molecular weight excluding hydrogens is 431 g/mol. The maximum Gasteiger partial charge on any atom is 0.244 e. The Morgan fingerprint density at radius 2 is 1.59 bits per heavy atom. The molecule has 0 amide bonds. The molecule has 0 bridgehead atoms. The van der Waals surface area contributed by atoms with E-state index in [0.717, 1.165) is 11.3 Å². The maximum atomic E-state index is 13.0. The number of ether oxygens (including phenoxy) is 1. The summed E-state index contributed by atoms with van der Waals surface area (Å²) in [7, 11) is -2.31. The SMILES string of the molecule is COc1cc(Cl)c(S(=O)(=O)N2CCN(c3ccc(C)c(Cl)c3)CC2)cc1Cl. The first kappa shape index (κ1) is 20.6. The van der Waals surface area contributed by atoms with E-state index >= 15 is 0 Å². The molecule has 0 radical (unpaired) electrons. The summed E-state index contributed by atoms with van der Waals surface area (Å²) in [5, 5.41) is 0.986. The number of halogens is 3. The first-order chi connectivity index (χ1) is 12.7. The zero-order valence-electron chi connectivity index (χ0n) is 14.9. The molecule has 9 heteroatoms. The van der Waals surface area contributed by atoms with E-state index in [4.69, 9.17) is 39.5 Å². The quantitative estimate of drug-likeness (QED) is 0.691. The van der Waals surface area contributed by atoms with Crippen LogP contribution in [-0.4, -0.2) is 46.0 Å². The fraction of sp³-hybridized carbons (Fsp3) is 0.333. The molecule has 0 unspecified atom stereocenters. The van der Waals surface area contributed by atoms with Crippen molar-refractivity contribution in [2.24, 2.45) is 0 Å². The molecule has 1 fully saturated rings. The van der Waals surface area contributed by atoms with Crippen molar-refractivity contribution in [3.05, 3.63) is 51.0 Å². The van der Waals surface area contributed by atoms with Gasteiger partial charge in [0.1, 0.15) is 10.6 Å². The Balaban J connectivity index is 1.79. The van der Waals surface area contributed by atoms with Gasteiger partial charge in [-0.1, -0.05) is 40.9 Å². The number of hydrogen-bond acceptors (Lipinski definition) is 4. The summed E-state index contributed by atoms with van der Waals surface area (Å²) < 4.78 is 32.5. The van der Waals surface area contributed by atoms with E-state index in [9.17, 15) is 8.42 Å². The van der Waals surface area contributed by atoms with Crippen LogP contribution in [0, 0.1) is 6.92 Å². The molecule has 0 atom stereocenters. The van der Waals surface area contributed by atoms with Crippen molar-refractivity contribution in [3.8, 4) is 5.75 Å². The molecule has 1 aliphatic rings. The van der Waals surface area contributed by atoms with Gasteiger partial charge in [-0.15, -0.1) is 0 Å². The molecule has 2 aromatic rings. The normalized spacial score (nSPS) is 15.8. The zero-order valence-corrected chi connectivity index (χ0v) is 18.0. The molecule has 1 aliphatic heterocycles. The highest BCUT2D eigenvalue weighted by Crippen LogP contribution is 2.35. The van der Waals surface area contributed by atoms with Crippen LogP contribution in [0.25, 0.3) is 0 Å². The lowest BCUT2D eigenvalue weighted by Crippen LogP contribution is -2.48. The number of benzene rings is 2. The lowest BCUT2D eigenvalue weighted by Gasteiger charge is -2.35. The largest absolute Gasteiger partial charge is 0.495 e. The van der Waals surface area contributed by atoms with Crippen LogP contribution in [0.1, 0.15) is 5.56 Å². The van der Waals surface area contributed by atoms with Gasteiger partial charge in [0.25, 0.3) is 0 Å². The van der Waals surface area contributed by atoms with Crippen molar-refractivity contribution in [1.82, 2.24) is 4.31 Å². The summed E-state index contributed by atoms with van der Waals surface area (Å²) in [5.41, 5.74) is 1.99. The van der Waals surface area contributed by atoms with Gasteiger partial charge < -0.3 is 9.64 Å². The zero-order chi connectivity index (χ0) is 19.8. The van der Waals surface area contributed by atoms with Crippen molar-refractivity contribution < 1.29 is 13.2 Å². The van der Waals surface area contributed by atoms with Gasteiger partial charge in [0.2, 0.25) is 10.0 Å². The van der Waals surface area contributed by atoms with Gasteiger partial charge in [0, 0.05) is 43.0 Å². The Kier molecular flexibility index (Phi) is 6.13. The van der Waals surface area contributed by atoms with E-state index < -0.39 is 10.0 Å². The number of rotatable bonds is 4. The van der Waals surface area contributed by atoms with Crippen molar-refractivity contribution in [3.63, 3.8) is 0 Å². The van der Waals surface area contributed by atoms with E-state index in [2.05, 4.69) is 4.90 Å². The summed E-state index contributed by atoms with van der Waals surface area (Å²) in [6.45, 7) is 3.74. The number of hydrogen-bond donors (Lipinski definition) is 0. The predicted octanol–water partition coefficient (Wildman–Crippen LogP) is 4.47. The van der Waals surface area contributed by atoms with Gasteiger partial charge in [-0.3, -0.25) is 0 Å². The monoisotopic (exact) mass is 448 g/mol. The molecule has 1 saturated heterocycles. The minimum atomic E-state index is -3.75. The first-order valence-corrected chi connectivity index (χ1v) is 10.9. The highest BCUT2D eigenvalue weighted by molar-refractivity contribution is 7.89. The molecule has 0 N–H and O–H groups in total.